The molecule has 0 radical (unpaired) electrons. The molecule has 1 aliphatic rings. The summed E-state index contributed by atoms with van der Waals surface area (Å²) in [5, 5.41) is 11.6. The zero-order valence-corrected chi connectivity index (χ0v) is 15.2. The van der Waals surface area contributed by atoms with Crippen LogP contribution in [0.1, 0.15) is 30.9 Å². The normalized spacial score (nSPS) is 15.1. The third kappa shape index (κ3) is 3.89. The molecule has 0 atom stereocenters. The van der Waals surface area contributed by atoms with Crippen LogP contribution >= 0.6 is 11.8 Å². The van der Waals surface area contributed by atoms with Gasteiger partial charge < -0.3 is 33.8 Å². The van der Waals surface area contributed by atoms with Crippen molar-refractivity contribution in [1.29, 1.82) is 0 Å². The predicted octanol–water partition coefficient (Wildman–Crippen LogP) is -0.328. The second-order valence-corrected chi connectivity index (χ2v) is 5.80. The van der Waals surface area contributed by atoms with E-state index in [1.54, 1.807) is 11.8 Å². The van der Waals surface area contributed by atoms with Gasteiger partial charge in [-0.25, -0.2) is 4.58 Å². The van der Waals surface area contributed by atoms with Crippen molar-refractivity contribution >= 4 is 16.8 Å². The minimum Gasteiger partial charge on any atom is -1.00 e. The number of rotatable bonds is 2. The Kier molecular flexibility index (Phi) is 7.33. The highest BCUT2D eigenvalue weighted by molar-refractivity contribution is 8.13. The highest BCUT2D eigenvalue weighted by Crippen LogP contribution is 2.31. The monoisotopic (exact) mass is 407 g/mol. The first-order valence-electron chi connectivity index (χ1n) is 6.71. The largest absolute Gasteiger partial charge is 1.00 e. The van der Waals surface area contributed by atoms with E-state index in [1.165, 1.54) is 0 Å². The van der Waals surface area contributed by atoms with Gasteiger partial charge in [0.1, 0.15) is 19.0 Å². The topological polar surface area (TPSA) is 32.5 Å². The Morgan fingerprint density at radius 3 is 2.50 bits per heavy atom. The Hall–Kier alpha value is -0.270. The standard InChI is InChI=1S/C15H21NO2S.HI/c1-11(2)12-5-4-6-13(14(12)17)15(19-3)16-7-9-18-10-8-16;/h4-6,11H,7-10H2,1-3H3;1H. The van der Waals surface area contributed by atoms with Gasteiger partial charge in [-0.3, -0.25) is 0 Å². The number of ether oxygens (including phenoxy) is 1. The van der Waals surface area contributed by atoms with E-state index in [9.17, 15) is 5.11 Å². The molecule has 0 aliphatic carbocycles. The molecule has 0 bridgehead atoms. The summed E-state index contributed by atoms with van der Waals surface area (Å²) in [7, 11) is 0. The van der Waals surface area contributed by atoms with Crippen LogP contribution in [-0.2, 0) is 4.74 Å². The fourth-order valence-corrected chi connectivity index (χ4v) is 3.20. The summed E-state index contributed by atoms with van der Waals surface area (Å²) >= 11 is 1.69. The van der Waals surface area contributed by atoms with Gasteiger partial charge >= 0.3 is 0 Å². The summed E-state index contributed by atoms with van der Waals surface area (Å²) in [4.78, 5) is 0. The molecule has 20 heavy (non-hydrogen) atoms. The van der Waals surface area contributed by atoms with Crippen LogP contribution in [0.3, 0.4) is 0 Å². The zero-order chi connectivity index (χ0) is 13.8. The molecule has 2 rings (SSSR count). The summed E-state index contributed by atoms with van der Waals surface area (Å²) in [5.74, 6) is 0.751. The Bertz CT molecular complexity index is 481. The number of halogens is 1. The van der Waals surface area contributed by atoms with Gasteiger partial charge in [-0.1, -0.05) is 37.7 Å². The number of morpholine rings is 1. The first-order chi connectivity index (χ1) is 9.15. The van der Waals surface area contributed by atoms with E-state index in [1.807, 2.05) is 18.2 Å². The molecule has 1 saturated heterocycles. The molecule has 3 nitrogen and oxygen atoms in total. The maximum Gasteiger partial charge on any atom is 0.245 e. The third-order valence-corrected chi connectivity index (χ3v) is 4.28. The van der Waals surface area contributed by atoms with Gasteiger partial charge in [0.25, 0.3) is 0 Å². The molecule has 1 heterocycles. The summed E-state index contributed by atoms with van der Waals surface area (Å²) < 4.78 is 7.69. The van der Waals surface area contributed by atoms with Crippen molar-refractivity contribution in [2.75, 3.05) is 32.6 Å². The first-order valence-corrected chi connectivity index (χ1v) is 7.93. The molecule has 5 heteroatoms. The average Bonchev–Trinajstić information content (AvgIpc) is 2.42. The lowest BCUT2D eigenvalue weighted by atomic mass is 9.99. The Morgan fingerprint density at radius 2 is 1.95 bits per heavy atom. The van der Waals surface area contributed by atoms with Crippen molar-refractivity contribution in [1.82, 2.24) is 0 Å². The van der Waals surface area contributed by atoms with E-state index < -0.39 is 0 Å². The molecule has 1 N–H and O–H groups in total. The van der Waals surface area contributed by atoms with Gasteiger partial charge in [0, 0.05) is 0 Å². The summed E-state index contributed by atoms with van der Waals surface area (Å²) in [6.07, 6.45) is 2.06. The molecular weight excluding hydrogens is 385 g/mol. The Morgan fingerprint density at radius 1 is 1.30 bits per heavy atom. The fourth-order valence-electron chi connectivity index (χ4n) is 2.38. The molecular formula is C15H22INO2S. The molecule has 1 aromatic carbocycles. The van der Waals surface area contributed by atoms with Gasteiger partial charge in [0.15, 0.2) is 13.1 Å². The van der Waals surface area contributed by atoms with E-state index in [0.717, 1.165) is 42.5 Å². The quantitative estimate of drug-likeness (QED) is 0.414. The molecule has 0 spiro atoms. The third-order valence-electron chi connectivity index (χ3n) is 3.41. The number of nitrogens with zero attached hydrogens (tertiary/aromatic N) is 1. The number of hydrogen-bond acceptors (Lipinski definition) is 3. The summed E-state index contributed by atoms with van der Waals surface area (Å²) in [6, 6.07) is 6.03. The highest BCUT2D eigenvalue weighted by atomic mass is 127. The van der Waals surface area contributed by atoms with Gasteiger partial charge in [-0.15, -0.1) is 0 Å². The number of thioether (sulfide) groups is 1. The fraction of sp³-hybridized carbons (Fsp3) is 0.533. The Balaban J connectivity index is 0.00000200. The average molecular weight is 407 g/mol. The number of phenolic OH excluding ortho intramolecular Hbond substituents is 1. The minimum atomic E-state index is 0. The number of hydrogen-bond donors (Lipinski definition) is 1. The molecule has 1 aromatic rings. The van der Waals surface area contributed by atoms with Crippen LogP contribution in [0.5, 0.6) is 5.75 Å². The van der Waals surface area contributed by atoms with Crippen molar-refractivity contribution in [2.45, 2.75) is 19.8 Å². The molecule has 1 fully saturated rings. The van der Waals surface area contributed by atoms with Crippen molar-refractivity contribution in [3.05, 3.63) is 29.3 Å². The highest BCUT2D eigenvalue weighted by Gasteiger charge is 2.23. The molecule has 0 aromatic heterocycles. The van der Waals surface area contributed by atoms with Crippen LogP contribution < -0.4 is 24.0 Å². The first kappa shape index (κ1) is 17.8. The second-order valence-electron chi connectivity index (χ2n) is 5.01. The van der Waals surface area contributed by atoms with Crippen LogP contribution in [0.2, 0.25) is 0 Å². The van der Waals surface area contributed by atoms with E-state index >= 15 is 0 Å². The van der Waals surface area contributed by atoms with E-state index in [2.05, 4.69) is 24.7 Å². The van der Waals surface area contributed by atoms with Crippen LogP contribution in [-0.4, -0.2) is 47.3 Å². The van der Waals surface area contributed by atoms with Gasteiger partial charge in [-0.2, -0.15) is 0 Å². The molecule has 0 amide bonds. The smallest absolute Gasteiger partial charge is 0.245 e. The maximum absolute atomic E-state index is 10.5. The van der Waals surface area contributed by atoms with Crippen LogP contribution in [0, 0.1) is 0 Å². The van der Waals surface area contributed by atoms with E-state index in [-0.39, 0.29) is 24.0 Å². The van der Waals surface area contributed by atoms with E-state index in [4.69, 9.17) is 4.74 Å². The van der Waals surface area contributed by atoms with Crippen LogP contribution in [0.25, 0.3) is 0 Å². The number of benzene rings is 1. The lowest BCUT2D eigenvalue weighted by molar-refractivity contribution is -0.546. The lowest BCUT2D eigenvalue weighted by Gasteiger charge is -2.16. The van der Waals surface area contributed by atoms with E-state index in [0.29, 0.717) is 11.7 Å². The van der Waals surface area contributed by atoms with Gasteiger partial charge in [0.05, 0.1) is 5.56 Å². The summed E-state index contributed by atoms with van der Waals surface area (Å²) in [5.41, 5.74) is 1.96. The number of para-hydroxylation sites is 1. The minimum absolute atomic E-state index is 0. The molecule has 1 aliphatic heterocycles. The van der Waals surface area contributed by atoms with Gasteiger partial charge in [0.2, 0.25) is 5.04 Å². The predicted molar refractivity (Wildman–Crippen MR) is 80.6 cm³/mol. The second kappa shape index (κ2) is 8.24. The van der Waals surface area contributed by atoms with Gasteiger partial charge in [-0.05, 0) is 23.8 Å². The van der Waals surface area contributed by atoms with Crippen LogP contribution in [0.15, 0.2) is 18.2 Å². The van der Waals surface area contributed by atoms with Crippen molar-refractivity contribution < 1.29 is 38.4 Å². The molecule has 0 saturated carbocycles. The Labute approximate surface area is 142 Å². The van der Waals surface area contributed by atoms with Crippen molar-refractivity contribution in [2.24, 2.45) is 0 Å². The number of aromatic hydroxyl groups is 1. The van der Waals surface area contributed by atoms with Crippen molar-refractivity contribution in [3.63, 3.8) is 0 Å². The van der Waals surface area contributed by atoms with Crippen molar-refractivity contribution in [3.8, 4) is 5.75 Å². The number of phenols is 1. The SMILES string of the molecule is CSC(c1cccc(C(C)C)c1O)=[N+]1CCOCC1.[I-]. The lowest BCUT2D eigenvalue weighted by Crippen LogP contribution is -3.00. The zero-order valence-electron chi connectivity index (χ0n) is 12.2. The maximum atomic E-state index is 10.5. The molecule has 0 unspecified atom stereocenters. The van der Waals surface area contributed by atoms with Crippen LogP contribution in [0.4, 0.5) is 0 Å². The summed E-state index contributed by atoms with van der Waals surface area (Å²) in [6.45, 7) is 7.51. The molecule has 112 valence electrons.